The lowest BCUT2D eigenvalue weighted by molar-refractivity contribution is -0.119. The molecule has 1 rings (SSSR count). The van der Waals surface area contributed by atoms with Crippen LogP contribution in [0.5, 0.6) is 0 Å². The molecular weight excluding hydrogens is 216 g/mol. The van der Waals surface area contributed by atoms with Crippen molar-refractivity contribution in [2.45, 2.75) is 26.3 Å². The summed E-state index contributed by atoms with van der Waals surface area (Å²) in [6.07, 6.45) is 0.165. The highest BCUT2D eigenvalue weighted by atomic mass is 16.3. The second-order valence-electron chi connectivity index (χ2n) is 4.12. The SMILES string of the molecule is CCN(C(=O)C[C@H](N)CO)c1ccc(C)cc1. The van der Waals surface area contributed by atoms with Crippen molar-refractivity contribution in [2.75, 3.05) is 18.1 Å². The Labute approximate surface area is 102 Å². The van der Waals surface area contributed by atoms with Crippen LogP contribution in [-0.4, -0.2) is 30.2 Å². The van der Waals surface area contributed by atoms with Crippen molar-refractivity contribution in [1.29, 1.82) is 0 Å². The zero-order valence-electron chi connectivity index (χ0n) is 10.4. The quantitative estimate of drug-likeness (QED) is 0.803. The second-order valence-corrected chi connectivity index (χ2v) is 4.12. The summed E-state index contributed by atoms with van der Waals surface area (Å²) in [5.74, 6) is -0.0575. The average Bonchev–Trinajstić information content (AvgIpc) is 2.32. The van der Waals surface area contributed by atoms with Crippen LogP contribution >= 0.6 is 0 Å². The lowest BCUT2D eigenvalue weighted by atomic mass is 10.1. The second kappa shape index (κ2) is 6.37. The van der Waals surface area contributed by atoms with Crippen molar-refractivity contribution in [3.63, 3.8) is 0 Å². The first-order valence-corrected chi connectivity index (χ1v) is 5.82. The molecule has 4 nitrogen and oxygen atoms in total. The Kier molecular flexibility index (Phi) is 5.12. The molecule has 94 valence electrons. The molecule has 0 bridgehead atoms. The van der Waals surface area contributed by atoms with E-state index >= 15 is 0 Å². The maximum atomic E-state index is 12.0. The molecule has 1 aromatic rings. The molecule has 0 spiro atoms. The maximum absolute atomic E-state index is 12.0. The maximum Gasteiger partial charge on any atom is 0.228 e. The van der Waals surface area contributed by atoms with Gasteiger partial charge in [0.15, 0.2) is 0 Å². The first-order valence-electron chi connectivity index (χ1n) is 5.82. The number of nitrogens with zero attached hydrogens (tertiary/aromatic N) is 1. The van der Waals surface area contributed by atoms with Crippen LogP contribution < -0.4 is 10.6 Å². The third-order valence-corrected chi connectivity index (χ3v) is 2.63. The summed E-state index contributed by atoms with van der Waals surface area (Å²) in [5.41, 5.74) is 7.60. The number of carbonyl (C=O) groups is 1. The van der Waals surface area contributed by atoms with Gasteiger partial charge in [-0.05, 0) is 26.0 Å². The van der Waals surface area contributed by atoms with Crippen LogP contribution in [0, 0.1) is 6.92 Å². The number of rotatable bonds is 5. The Bertz CT molecular complexity index is 362. The minimum absolute atomic E-state index is 0.0575. The molecule has 0 heterocycles. The van der Waals surface area contributed by atoms with E-state index in [1.807, 2.05) is 38.1 Å². The number of amides is 1. The normalized spacial score (nSPS) is 12.2. The average molecular weight is 236 g/mol. The van der Waals surface area contributed by atoms with Gasteiger partial charge < -0.3 is 15.7 Å². The highest BCUT2D eigenvalue weighted by Crippen LogP contribution is 2.16. The van der Waals surface area contributed by atoms with E-state index in [2.05, 4.69) is 0 Å². The van der Waals surface area contributed by atoms with Gasteiger partial charge in [-0.3, -0.25) is 4.79 Å². The highest BCUT2D eigenvalue weighted by Gasteiger charge is 2.16. The molecule has 4 heteroatoms. The van der Waals surface area contributed by atoms with Crippen LogP contribution in [0.2, 0.25) is 0 Å². The predicted molar refractivity (Wildman–Crippen MR) is 68.9 cm³/mol. The van der Waals surface area contributed by atoms with Crippen molar-refractivity contribution >= 4 is 11.6 Å². The first kappa shape index (κ1) is 13.7. The zero-order valence-corrected chi connectivity index (χ0v) is 10.4. The van der Waals surface area contributed by atoms with Gasteiger partial charge in [-0.2, -0.15) is 0 Å². The van der Waals surface area contributed by atoms with E-state index in [1.54, 1.807) is 4.90 Å². The molecule has 0 aliphatic heterocycles. The van der Waals surface area contributed by atoms with Crippen LogP contribution in [0.1, 0.15) is 18.9 Å². The Morgan fingerprint density at radius 3 is 2.47 bits per heavy atom. The molecule has 1 aromatic carbocycles. The van der Waals surface area contributed by atoms with Gasteiger partial charge in [0, 0.05) is 24.7 Å². The van der Waals surface area contributed by atoms with Gasteiger partial charge in [-0.15, -0.1) is 0 Å². The van der Waals surface area contributed by atoms with Crippen molar-refractivity contribution in [1.82, 2.24) is 0 Å². The number of aliphatic hydroxyl groups is 1. The van der Waals surface area contributed by atoms with Crippen LogP contribution in [0.3, 0.4) is 0 Å². The van der Waals surface area contributed by atoms with Gasteiger partial charge in [-0.1, -0.05) is 17.7 Å². The Balaban J connectivity index is 2.77. The van der Waals surface area contributed by atoms with Crippen molar-refractivity contribution in [3.8, 4) is 0 Å². The molecule has 0 aliphatic carbocycles. The van der Waals surface area contributed by atoms with Gasteiger partial charge in [0.25, 0.3) is 0 Å². The van der Waals surface area contributed by atoms with Crippen LogP contribution in [0.4, 0.5) is 5.69 Å². The van der Waals surface area contributed by atoms with E-state index < -0.39 is 6.04 Å². The number of carbonyl (C=O) groups excluding carboxylic acids is 1. The number of benzene rings is 1. The minimum Gasteiger partial charge on any atom is -0.395 e. The number of aliphatic hydroxyl groups excluding tert-OH is 1. The summed E-state index contributed by atoms with van der Waals surface area (Å²) in [4.78, 5) is 13.6. The van der Waals surface area contributed by atoms with E-state index in [4.69, 9.17) is 10.8 Å². The number of aryl methyl sites for hydroxylation is 1. The van der Waals surface area contributed by atoms with Gasteiger partial charge in [0.1, 0.15) is 0 Å². The van der Waals surface area contributed by atoms with Crippen LogP contribution in [0.25, 0.3) is 0 Å². The van der Waals surface area contributed by atoms with E-state index in [9.17, 15) is 4.79 Å². The van der Waals surface area contributed by atoms with E-state index in [0.717, 1.165) is 11.3 Å². The molecule has 0 saturated carbocycles. The summed E-state index contributed by atoms with van der Waals surface area (Å²) < 4.78 is 0. The fourth-order valence-corrected chi connectivity index (χ4v) is 1.63. The first-order chi connectivity index (χ1) is 8.08. The lowest BCUT2D eigenvalue weighted by Crippen LogP contribution is -2.37. The molecule has 1 amide bonds. The molecule has 0 aromatic heterocycles. The highest BCUT2D eigenvalue weighted by molar-refractivity contribution is 5.93. The van der Waals surface area contributed by atoms with Gasteiger partial charge in [0.2, 0.25) is 5.91 Å². The monoisotopic (exact) mass is 236 g/mol. The van der Waals surface area contributed by atoms with Crippen LogP contribution in [-0.2, 0) is 4.79 Å². The zero-order chi connectivity index (χ0) is 12.8. The lowest BCUT2D eigenvalue weighted by Gasteiger charge is -2.22. The number of anilines is 1. The molecule has 17 heavy (non-hydrogen) atoms. The predicted octanol–water partition coefficient (Wildman–Crippen LogP) is 1.06. The topological polar surface area (TPSA) is 66.6 Å². The molecule has 0 fully saturated rings. The van der Waals surface area contributed by atoms with E-state index in [1.165, 1.54) is 0 Å². The molecule has 0 unspecified atom stereocenters. The Hall–Kier alpha value is -1.39. The summed E-state index contributed by atoms with van der Waals surface area (Å²) >= 11 is 0. The molecule has 0 aliphatic rings. The summed E-state index contributed by atoms with van der Waals surface area (Å²) in [6.45, 7) is 4.35. The van der Waals surface area contributed by atoms with Crippen molar-refractivity contribution in [3.05, 3.63) is 29.8 Å². The molecular formula is C13H20N2O2. The third kappa shape index (κ3) is 3.84. The number of hydrogen-bond donors (Lipinski definition) is 2. The standard InChI is InChI=1S/C13H20N2O2/c1-3-15(13(17)8-11(14)9-16)12-6-4-10(2)5-7-12/h4-7,11,16H,3,8-9,14H2,1-2H3/t11-/m0/s1. The molecule has 0 saturated heterocycles. The van der Waals surface area contributed by atoms with Gasteiger partial charge >= 0.3 is 0 Å². The van der Waals surface area contributed by atoms with Crippen LogP contribution in [0.15, 0.2) is 24.3 Å². The van der Waals surface area contributed by atoms with E-state index in [-0.39, 0.29) is 18.9 Å². The fourth-order valence-electron chi connectivity index (χ4n) is 1.63. The minimum atomic E-state index is -0.484. The number of nitrogens with two attached hydrogens (primary N) is 1. The molecule has 0 radical (unpaired) electrons. The van der Waals surface area contributed by atoms with Gasteiger partial charge in [0.05, 0.1) is 6.61 Å². The Morgan fingerprint density at radius 1 is 1.41 bits per heavy atom. The summed E-state index contributed by atoms with van der Waals surface area (Å²) in [5, 5.41) is 8.85. The molecule has 3 N–H and O–H groups in total. The largest absolute Gasteiger partial charge is 0.395 e. The van der Waals surface area contributed by atoms with Crippen molar-refractivity contribution in [2.24, 2.45) is 5.73 Å². The number of hydrogen-bond acceptors (Lipinski definition) is 3. The van der Waals surface area contributed by atoms with Gasteiger partial charge in [-0.25, -0.2) is 0 Å². The summed E-state index contributed by atoms with van der Waals surface area (Å²) in [6, 6.07) is 7.29. The van der Waals surface area contributed by atoms with Crippen molar-refractivity contribution < 1.29 is 9.90 Å². The summed E-state index contributed by atoms with van der Waals surface area (Å²) in [7, 11) is 0. The third-order valence-electron chi connectivity index (χ3n) is 2.63. The molecule has 1 atom stereocenters. The fraction of sp³-hybridized carbons (Fsp3) is 0.462. The smallest absolute Gasteiger partial charge is 0.228 e. The Morgan fingerprint density at radius 2 is 2.00 bits per heavy atom. The van der Waals surface area contributed by atoms with E-state index in [0.29, 0.717) is 6.54 Å².